The van der Waals surface area contributed by atoms with Gasteiger partial charge in [-0.2, -0.15) is 0 Å². The number of aryl methyl sites for hydroxylation is 1. The Bertz CT molecular complexity index is 1590. The van der Waals surface area contributed by atoms with E-state index in [0.717, 1.165) is 17.5 Å². The minimum atomic E-state index is -4.05. The maximum absolute atomic E-state index is 14.0. The number of anilines is 2. The third-order valence-corrected chi connectivity index (χ3v) is 8.38. The molecule has 4 aromatic carbocycles. The third kappa shape index (κ3) is 6.58. The molecule has 4 aromatic rings. The standard InChI is InChI=1S/C32H33N3O4S/c1-4-24(3)33-31(36)27-14-8-10-16-29(27)34-32(37)28-15-9-11-17-30(28)35(22-25-12-6-5-7-13-25)40(38,39)26-20-18-23(2)19-21-26/h5-21,24H,4,22H2,1-3H3,(H,33,36)(H,34,37)/t24-/m1/s1. The summed E-state index contributed by atoms with van der Waals surface area (Å²) in [6, 6.07) is 29.1. The lowest BCUT2D eigenvalue weighted by molar-refractivity contribution is 0.0940. The summed E-state index contributed by atoms with van der Waals surface area (Å²) in [6.07, 6.45) is 0.764. The van der Waals surface area contributed by atoms with E-state index < -0.39 is 15.9 Å². The molecule has 0 radical (unpaired) electrons. The molecule has 0 saturated heterocycles. The number of hydrogen-bond donors (Lipinski definition) is 2. The second-order valence-electron chi connectivity index (χ2n) is 9.61. The normalized spacial score (nSPS) is 11.9. The lowest BCUT2D eigenvalue weighted by Crippen LogP contribution is -2.33. The maximum Gasteiger partial charge on any atom is 0.264 e. The molecule has 2 amide bonds. The number of para-hydroxylation sites is 2. The van der Waals surface area contributed by atoms with Gasteiger partial charge in [-0.25, -0.2) is 8.42 Å². The summed E-state index contributed by atoms with van der Waals surface area (Å²) in [4.78, 5) is 26.7. The van der Waals surface area contributed by atoms with E-state index in [2.05, 4.69) is 10.6 Å². The van der Waals surface area contributed by atoms with Gasteiger partial charge in [0.05, 0.1) is 33.9 Å². The predicted octanol–water partition coefficient (Wildman–Crippen LogP) is 6.17. The molecule has 206 valence electrons. The van der Waals surface area contributed by atoms with Gasteiger partial charge in [-0.1, -0.05) is 79.2 Å². The van der Waals surface area contributed by atoms with E-state index in [0.29, 0.717) is 11.3 Å². The zero-order valence-corrected chi connectivity index (χ0v) is 23.6. The Morgan fingerprint density at radius 1 is 0.775 bits per heavy atom. The van der Waals surface area contributed by atoms with Crippen LogP contribution in [0.1, 0.15) is 52.1 Å². The fraction of sp³-hybridized carbons (Fsp3) is 0.188. The average Bonchev–Trinajstić information content (AvgIpc) is 2.96. The highest BCUT2D eigenvalue weighted by atomic mass is 32.2. The van der Waals surface area contributed by atoms with Crippen molar-refractivity contribution in [2.45, 2.75) is 44.7 Å². The van der Waals surface area contributed by atoms with Gasteiger partial charge in [0.25, 0.3) is 21.8 Å². The van der Waals surface area contributed by atoms with Crippen molar-refractivity contribution in [2.24, 2.45) is 0 Å². The molecule has 7 nitrogen and oxygen atoms in total. The van der Waals surface area contributed by atoms with Crippen LogP contribution in [0.5, 0.6) is 0 Å². The van der Waals surface area contributed by atoms with Crippen molar-refractivity contribution in [3.05, 3.63) is 125 Å². The molecule has 0 spiro atoms. The smallest absolute Gasteiger partial charge is 0.264 e. The van der Waals surface area contributed by atoms with Crippen molar-refractivity contribution in [1.29, 1.82) is 0 Å². The van der Waals surface area contributed by atoms with Crippen molar-refractivity contribution in [1.82, 2.24) is 5.32 Å². The van der Waals surface area contributed by atoms with Gasteiger partial charge in [-0.15, -0.1) is 0 Å². The van der Waals surface area contributed by atoms with Crippen LogP contribution in [0.3, 0.4) is 0 Å². The molecule has 0 fully saturated rings. The minimum absolute atomic E-state index is 0.0231. The van der Waals surface area contributed by atoms with Crippen LogP contribution in [0.2, 0.25) is 0 Å². The highest BCUT2D eigenvalue weighted by molar-refractivity contribution is 7.92. The van der Waals surface area contributed by atoms with E-state index in [4.69, 9.17) is 0 Å². The van der Waals surface area contributed by atoms with Gasteiger partial charge in [0.2, 0.25) is 0 Å². The van der Waals surface area contributed by atoms with Crippen molar-refractivity contribution in [3.63, 3.8) is 0 Å². The van der Waals surface area contributed by atoms with Crippen LogP contribution in [-0.4, -0.2) is 26.3 Å². The van der Waals surface area contributed by atoms with Crippen LogP contribution in [0.15, 0.2) is 108 Å². The molecule has 2 N–H and O–H groups in total. The fourth-order valence-electron chi connectivity index (χ4n) is 4.15. The molecule has 1 atom stereocenters. The molecule has 0 aliphatic heterocycles. The van der Waals surface area contributed by atoms with Crippen molar-refractivity contribution in [3.8, 4) is 0 Å². The summed E-state index contributed by atoms with van der Waals surface area (Å²) in [5, 5.41) is 5.76. The SMILES string of the molecule is CC[C@@H](C)NC(=O)c1ccccc1NC(=O)c1ccccc1N(Cc1ccccc1)S(=O)(=O)c1ccc(C)cc1. The fourth-order valence-corrected chi connectivity index (χ4v) is 5.62. The van der Waals surface area contributed by atoms with E-state index in [9.17, 15) is 18.0 Å². The highest BCUT2D eigenvalue weighted by Crippen LogP contribution is 2.30. The summed E-state index contributed by atoms with van der Waals surface area (Å²) in [7, 11) is -4.05. The lowest BCUT2D eigenvalue weighted by Gasteiger charge is -2.27. The number of rotatable bonds is 10. The number of carbonyl (C=O) groups excluding carboxylic acids is 2. The zero-order chi connectivity index (χ0) is 28.7. The first-order chi connectivity index (χ1) is 19.2. The van der Waals surface area contributed by atoms with Crippen LogP contribution in [-0.2, 0) is 16.6 Å². The second kappa shape index (κ2) is 12.6. The van der Waals surface area contributed by atoms with Gasteiger partial charge in [0.1, 0.15) is 0 Å². The first-order valence-electron chi connectivity index (χ1n) is 13.1. The van der Waals surface area contributed by atoms with E-state index in [-0.39, 0.29) is 34.6 Å². The number of sulfonamides is 1. The van der Waals surface area contributed by atoms with Crippen molar-refractivity contribution >= 4 is 33.2 Å². The molecule has 0 aromatic heterocycles. The minimum Gasteiger partial charge on any atom is -0.350 e. The first-order valence-corrected chi connectivity index (χ1v) is 14.6. The molecule has 8 heteroatoms. The van der Waals surface area contributed by atoms with Crippen LogP contribution in [0.25, 0.3) is 0 Å². The van der Waals surface area contributed by atoms with Gasteiger partial charge < -0.3 is 10.6 Å². The Morgan fingerprint density at radius 2 is 1.38 bits per heavy atom. The van der Waals surface area contributed by atoms with Crippen LogP contribution < -0.4 is 14.9 Å². The van der Waals surface area contributed by atoms with E-state index in [1.807, 2.05) is 51.1 Å². The van der Waals surface area contributed by atoms with Crippen LogP contribution >= 0.6 is 0 Å². The highest BCUT2D eigenvalue weighted by Gasteiger charge is 2.29. The number of benzene rings is 4. The molecule has 0 saturated carbocycles. The largest absolute Gasteiger partial charge is 0.350 e. The van der Waals surface area contributed by atoms with Gasteiger partial charge in [-0.3, -0.25) is 13.9 Å². The van der Waals surface area contributed by atoms with Crippen molar-refractivity contribution < 1.29 is 18.0 Å². The Kier molecular flexibility index (Phi) is 9.01. The summed E-state index contributed by atoms with van der Waals surface area (Å²) in [5.41, 5.74) is 2.74. The molecular formula is C32H33N3O4S. The van der Waals surface area contributed by atoms with Gasteiger partial charge in [-0.05, 0) is 62.2 Å². The monoisotopic (exact) mass is 555 g/mol. The quantitative estimate of drug-likeness (QED) is 0.245. The summed E-state index contributed by atoms with van der Waals surface area (Å²) in [5.74, 6) is -0.831. The van der Waals surface area contributed by atoms with E-state index in [1.165, 1.54) is 4.31 Å². The summed E-state index contributed by atoms with van der Waals surface area (Å²) < 4.78 is 29.2. The molecule has 0 bridgehead atoms. The van der Waals surface area contributed by atoms with E-state index >= 15 is 0 Å². The first kappa shape index (κ1) is 28.6. The van der Waals surface area contributed by atoms with Gasteiger partial charge in [0.15, 0.2) is 0 Å². The average molecular weight is 556 g/mol. The topological polar surface area (TPSA) is 95.6 Å². The van der Waals surface area contributed by atoms with E-state index in [1.54, 1.807) is 72.8 Å². The third-order valence-electron chi connectivity index (χ3n) is 6.61. The Hall–Kier alpha value is -4.43. The van der Waals surface area contributed by atoms with Gasteiger partial charge in [0, 0.05) is 6.04 Å². The molecular weight excluding hydrogens is 522 g/mol. The summed E-state index contributed by atoms with van der Waals surface area (Å²) in [6.45, 7) is 5.79. The Morgan fingerprint density at radius 3 is 2.05 bits per heavy atom. The molecule has 40 heavy (non-hydrogen) atoms. The molecule has 0 aliphatic carbocycles. The maximum atomic E-state index is 14.0. The van der Waals surface area contributed by atoms with Crippen LogP contribution in [0.4, 0.5) is 11.4 Å². The number of carbonyl (C=O) groups is 2. The predicted molar refractivity (Wildman–Crippen MR) is 159 cm³/mol. The Balaban J connectivity index is 1.74. The molecule has 0 unspecified atom stereocenters. The Labute approximate surface area is 235 Å². The molecule has 0 heterocycles. The molecule has 0 aliphatic rings. The second-order valence-corrected chi connectivity index (χ2v) is 11.5. The number of nitrogens with zero attached hydrogens (tertiary/aromatic N) is 1. The number of hydrogen-bond acceptors (Lipinski definition) is 4. The summed E-state index contributed by atoms with van der Waals surface area (Å²) >= 11 is 0. The van der Waals surface area contributed by atoms with Crippen LogP contribution in [0, 0.1) is 6.92 Å². The zero-order valence-electron chi connectivity index (χ0n) is 22.8. The number of amides is 2. The lowest BCUT2D eigenvalue weighted by atomic mass is 10.1. The number of nitrogens with one attached hydrogen (secondary N) is 2. The van der Waals surface area contributed by atoms with Crippen molar-refractivity contribution in [2.75, 3.05) is 9.62 Å². The molecule has 4 rings (SSSR count). The van der Waals surface area contributed by atoms with Gasteiger partial charge >= 0.3 is 0 Å².